The second-order valence-corrected chi connectivity index (χ2v) is 6.86. The molecule has 31 heavy (non-hydrogen) atoms. The van der Waals surface area contributed by atoms with Crippen LogP contribution in [0.25, 0.3) is 5.69 Å². The van der Waals surface area contributed by atoms with Gasteiger partial charge < -0.3 is 14.2 Å². The average molecular weight is 422 g/mol. The fourth-order valence-electron chi connectivity index (χ4n) is 3.67. The Morgan fingerprint density at radius 2 is 1.65 bits per heavy atom. The van der Waals surface area contributed by atoms with Crippen molar-refractivity contribution >= 4 is 11.9 Å². The van der Waals surface area contributed by atoms with Crippen LogP contribution >= 0.6 is 0 Å². The number of carbonyl (C=O) groups excluding carboxylic acids is 2. The van der Waals surface area contributed by atoms with Gasteiger partial charge in [-0.1, -0.05) is 30.3 Å². The molecule has 2 aromatic carbocycles. The van der Waals surface area contributed by atoms with Crippen molar-refractivity contribution in [2.75, 3.05) is 14.2 Å². The third kappa shape index (κ3) is 3.46. The number of rotatable bonds is 4. The van der Waals surface area contributed by atoms with Crippen molar-refractivity contribution in [1.82, 2.24) is 9.78 Å². The highest BCUT2D eigenvalue weighted by molar-refractivity contribution is 6.02. The lowest BCUT2D eigenvalue weighted by atomic mass is 9.82. The van der Waals surface area contributed by atoms with Crippen molar-refractivity contribution in [3.8, 4) is 11.6 Å². The summed E-state index contributed by atoms with van der Waals surface area (Å²) in [4.78, 5) is 25.4. The smallest absolute Gasteiger partial charge is 0.374 e. The molecule has 1 aromatic heterocycles. The topological polar surface area (TPSA) is 79.7 Å². The number of methoxy groups -OCH3 is 2. The van der Waals surface area contributed by atoms with E-state index in [-0.39, 0.29) is 17.2 Å². The molecule has 8 heteroatoms. The number of nitrogens with zero attached hydrogens (tertiary/aromatic N) is 2. The number of aryl methyl sites for hydroxylation is 1. The molecule has 0 spiro atoms. The number of esters is 2. The molecule has 0 fully saturated rings. The zero-order valence-electron chi connectivity index (χ0n) is 17.1. The fraction of sp³-hybridized carbons (Fsp3) is 0.174. The summed E-state index contributed by atoms with van der Waals surface area (Å²) in [5.74, 6) is -2.82. The summed E-state index contributed by atoms with van der Waals surface area (Å²) in [6.45, 7) is 1.77. The number of ether oxygens (including phenoxy) is 3. The van der Waals surface area contributed by atoms with Gasteiger partial charge in [0.25, 0.3) is 0 Å². The minimum Gasteiger partial charge on any atom is -0.466 e. The van der Waals surface area contributed by atoms with Crippen LogP contribution in [0.1, 0.15) is 22.7 Å². The number of benzene rings is 2. The Bertz CT molecular complexity index is 1180. The number of fused-ring (bicyclic) bond motifs is 1. The van der Waals surface area contributed by atoms with E-state index < -0.39 is 23.7 Å². The van der Waals surface area contributed by atoms with Crippen LogP contribution in [-0.4, -0.2) is 35.9 Å². The summed E-state index contributed by atoms with van der Waals surface area (Å²) >= 11 is 0. The van der Waals surface area contributed by atoms with Crippen LogP contribution in [0.3, 0.4) is 0 Å². The first-order valence-electron chi connectivity index (χ1n) is 9.45. The van der Waals surface area contributed by atoms with Gasteiger partial charge in [-0.3, -0.25) is 0 Å². The molecule has 0 bridgehead atoms. The van der Waals surface area contributed by atoms with Gasteiger partial charge in [0, 0.05) is 0 Å². The predicted molar refractivity (Wildman–Crippen MR) is 108 cm³/mol. The Hall–Kier alpha value is -3.94. The molecule has 1 unspecified atom stereocenters. The summed E-state index contributed by atoms with van der Waals surface area (Å²) < 4.78 is 30.9. The molecule has 4 rings (SSSR count). The summed E-state index contributed by atoms with van der Waals surface area (Å²) in [5, 5.41) is 4.58. The first-order chi connectivity index (χ1) is 15.0. The maximum atomic E-state index is 13.6. The SMILES string of the molecule is COC(=O)C1=C(C(=O)OC)C(c2ccc(F)cc2)c2c(C)nn(-c3ccccc3)c2O1. The molecule has 0 N–H and O–H groups in total. The number of carbonyl (C=O) groups is 2. The maximum Gasteiger partial charge on any atom is 0.374 e. The highest BCUT2D eigenvalue weighted by Gasteiger charge is 2.42. The van der Waals surface area contributed by atoms with Gasteiger partial charge in [0.05, 0.1) is 42.7 Å². The largest absolute Gasteiger partial charge is 0.466 e. The molecule has 1 aliphatic heterocycles. The van der Waals surface area contributed by atoms with Crippen molar-refractivity contribution in [3.05, 3.63) is 88.6 Å². The minimum absolute atomic E-state index is 0.0378. The van der Waals surface area contributed by atoms with Crippen molar-refractivity contribution in [2.45, 2.75) is 12.8 Å². The third-order valence-electron chi connectivity index (χ3n) is 5.06. The molecular weight excluding hydrogens is 403 g/mol. The van der Waals surface area contributed by atoms with Crippen LogP contribution < -0.4 is 4.74 Å². The van der Waals surface area contributed by atoms with Crippen LogP contribution in [0.2, 0.25) is 0 Å². The Labute approximate surface area is 177 Å². The zero-order valence-corrected chi connectivity index (χ0v) is 17.1. The van der Waals surface area contributed by atoms with Crippen molar-refractivity contribution in [1.29, 1.82) is 0 Å². The predicted octanol–water partition coefficient (Wildman–Crippen LogP) is 3.44. The maximum absolute atomic E-state index is 13.6. The monoisotopic (exact) mass is 422 g/mol. The van der Waals surface area contributed by atoms with Crippen molar-refractivity contribution < 1.29 is 28.2 Å². The molecule has 7 nitrogen and oxygen atoms in total. The second kappa shape index (κ2) is 8.06. The van der Waals surface area contributed by atoms with Gasteiger partial charge in [0.2, 0.25) is 11.6 Å². The van der Waals surface area contributed by atoms with Crippen molar-refractivity contribution in [3.63, 3.8) is 0 Å². The normalized spacial score (nSPS) is 15.2. The van der Waals surface area contributed by atoms with E-state index in [0.717, 1.165) is 0 Å². The average Bonchev–Trinajstić information content (AvgIpc) is 3.14. The third-order valence-corrected chi connectivity index (χ3v) is 5.06. The molecule has 2 heterocycles. The van der Waals surface area contributed by atoms with Gasteiger partial charge in [0.15, 0.2) is 0 Å². The fourth-order valence-corrected chi connectivity index (χ4v) is 3.67. The van der Waals surface area contributed by atoms with Crippen molar-refractivity contribution in [2.24, 2.45) is 0 Å². The number of hydrogen-bond donors (Lipinski definition) is 0. The molecule has 1 atom stereocenters. The van der Waals surface area contributed by atoms with Gasteiger partial charge in [-0.05, 0) is 36.8 Å². The van der Waals surface area contributed by atoms with Crippen LogP contribution in [0.5, 0.6) is 5.88 Å². The first kappa shape index (κ1) is 20.3. The molecule has 0 amide bonds. The Kier molecular flexibility index (Phi) is 5.29. The highest BCUT2D eigenvalue weighted by Crippen LogP contribution is 2.46. The summed E-state index contributed by atoms with van der Waals surface area (Å²) in [6, 6.07) is 14.9. The molecule has 3 aromatic rings. The van der Waals surface area contributed by atoms with E-state index in [1.54, 1.807) is 23.7 Å². The number of para-hydroxylation sites is 1. The lowest BCUT2D eigenvalue weighted by Gasteiger charge is -2.27. The van der Waals surface area contributed by atoms with E-state index in [1.807, 2.05) is 30.3 Å². The number of aromatic nitrogens is 2. The molecule has 1 aliphatic rings. The lowest BCUT2D eigenvalue weighted by molar-refractivity contribution is -0.141. The molecule has 0 radical (unpaired) electrons. The summed E-state index contributed by atoms with van der Waals surface area (Å²) in [6.07, 6.45) is 0. The lowest BCUT2D eigenvalue weighted by Crippen LogP contribution is -2.28. The molecular formula is C23H19FN2O5. The van der Waals surface area contributed by atoms with Gasteiger partial charge in [-0.25, -0.2) is 18.7 Å². The highest BCUT2D eigenvalue weighted by atomic mass is 19.1. The molecule has 0 saturated heterocycles. The summed E-state index contributed by atoms with van der Waals surface area (Å²) in [7, 11) is 2.40. The molecule has 0 aliphatic carbocycles. The molecule has 158 valence electrons. The first-order valence-corrected chi connectivity index (χ1v) is 9.45. The van der Waals surface area contributed by atoms with E-state index in [9.17, 15) is 14.0 Å². The number of halogens is 1. The van der Waals surface area contributed by atoms with Gasteiger partial charge in [-0.2, -0.15) is 5.10 Å². The van der Waals surface area contributed by atoms with Crippen LogP contribution in [-0.2, 0) is 19.1 Å². The van der Waals surface area contributed by atoms with Crippen LogP contribution in [0, 0.1) is 12.7 Å². The van der Waals surface area contributed by atoms with E-state index >= 15 is 0 Å². The Morgan fingerprint density at radius 3 is 2.26 bits per heavy atom. The van der Waals surface area contributed by atoms with Gasteiger partial charge >= 0.3 is 11.9 Å². The van der Waals surface area contributed by atoms with Crippen LogP contribution in [0.15, 0.2) is 65.9 Å². The van der Waals surface area contributed by atoms with E-state index in [4.69, 9.17) is 14.2 Å². The minimum atomic E-state index is -0.836. The molecule has 0 saturated carbocycles. The quantitative estimate of drug-likeness (QED) is 0.600. The van der Waals surface area contributed by atoms with E-state index in [0.29, 0.717) is 22.5 Å². The van der Waals surface area contributed by atoms with Gasteiger partial charge in [0.1, 0.15) is 5.82 Å². The van der Waals surface area contributed by atoms with Gasteiger partial charge in [-0.15, -0.1) is 0 Å². The van der Waals surface area contributed by atoms with E-state index in [2.05, 4.69) is 5.10 Å². The standard InChI is InChI=1S/C23H19FN2O5/c1-13-17-18(14-9-11-15(24)12-10-14)19(22(27)29-2)20(23(28)30-3)31-21(17)26(25-13)16-7-5-4-6-8-16/h4-12,18H,1-3H3. The Balaban J connectivity index is 2.03. The van der Waals surface area contributed by atoms with E-state index in [1.165, 1.54) is 26.4 Å². The zero-order chi connectivity index (χ0) is 22.1. The Morgan fingerprint density at radius 1 is 1.00 bits per heavy atom. The second-order valence-electron chi connectivity index (χ2n) is 6.86. The van der Waals surface area contributed by atoms with Crippen LogP contribution in [0.4, 0.5) is 4.39 Å². The summed E-state index contributed by atoms with van der Waals surface area (Å²) in [5.41, 5.74) is 2.39. The number of hydrogen-bond acceptors (Lipinski definition) is 6.